The molecule has 2 heterocycles. The number of pyridine rings is 1. The molecule has 28 heavy (non-hydrogen) atoms. The lowest BCUT2D eigenvalue weighted by Gasteiger charge is -2.09. The van der Waals surface area contributed by atoms with Gasteiger partial charge in [-0.2, -0.15) is 13.2 Å². The second-order valence-electron chi connectivity index (χ2n) is 6.95. The zero-order valence-electron chi connectivity index (χ0n) is 14.7. The first kappa shape index (κ1) is 16.8. The number of nitrogens with zero attached hydrogens (tertiary/aromatic N) is 1. The number of H-pyrrole nitrogens is 1. The van der Waals surface area contributed by atoms with E-state index in [2.05, 4.69) is 22.1 Å². The van der Waals surface area contributed by atoms with E-state index in [1.165, 1.54) is 11.5 Å². The number of rotatable bonds is 2. The highest BCUT2D eigenvalue weighted by atomic mass is 19.4. The summed E-state index contributed by atoms with van der Waals surface area (Å²) in [5, 5.41) is 3.93. The van der Waals surface area contributed by atoms with Crippen molar-refractivity contribution in [2.45, 2.75) is 12.6 Å². The fourth-order valence-electron chi connectivity index (χ4n) is 3.64. The summed E-state index contributed by atoms with van der Waals surface area (Å²) in [6.45, 7) is 0. The first-order valence-electron chi connectivity index (χ1n) is 8.93. The highest BCUT2D eigenvalue weighted by Crippen LogP contribution is 2.32. The average Bonchev–Trinajstić information content (AvgIpc) is 3.08. The van der Waals surface area contributed by atoms with Gasteiger partial charge >= 0.3 is 6.18 Å². The van der Waals surface area contributed by atoms with Crippen LogP contribution in [0.25, 0.3) is 32.6 Å². The van der Waals surface area contributed by atoms with Crippen LogP contribution in [0.4, 0.5) is 13.2 Å². The molecule has 0 fully saturated rings. The number of alkyl halides is 3. The molecule has 5 rings (SSSR count). The number of fused-ring (bicyclic) bond motifs is 3. The van der Waals surface area contributed by atoms with Gasteiger partial charge in [-0.1, -0.05) is 42.5 Å². The summed E-state index contributed by atoms with van der Waals surface area (Å²) in [7, 11) is 0. The number of aromatic nitrogens is 2. The van der Waals surface area contributed by atoms with E-state index in [1.54, 1.807) is 0 Å². The van der Waals surface area contributed by atoms with E-state index in [0.717, 1.165) is 34.2 Å². The average molecular weight is 376 g/mol. The zero-order chi connectivity index (χ0) is 19.3. The molecule has 0 saturated heterocycles. The molecule has 0 aliphatic rings. The summed E-state index contributed by atoms with van der Waals surface area (Å²) in [4.78, 5) is 7.81. The molecular formula is C23H15F3N2. The molecule has 0 amide bonds. The molecule has 0 unspecified atom stereocenters. The van der Waals surface area contributed by atoms with Gasteiger partial charge in [-0.25, -0.2) is 4.98 Å². The summed E-state index contributed by atoms with van der Waals surface area (Å²) in [6, 6.07) is 19.7. The minimum absolute atomic E-state index is 0.352. The molecule has 0 spiro atoms. The van der Waals surface area contributed by atoms with Gasteiger partial charge in [-0.3, -0.25) is 0 Å². The summed E-state index contributed by atoms with van der Waals surface area (Å²) >= 11 is 0. The van der Waals surface area contributed by atoms with Crippen LogP contribution in [0.3, 0.4) is 0 Å². The topological polar surface area (TPSA) is 28.7 Å². The molecule has 0 aliphatic heterocycles. The van der Waals surface area contributed by atoms with Crippen LogP contribution in [-0.2, 0) is 12.6 Å². The van der Waals surface area contributed by atoms with E-state index in [4.69, 9.17) is 0 Å². The van der Waals surface area contributed by atoms with Gasteiger partial charge < -0.3 is 4.98 Å². The number of nitrogens with one attached hydrogen (secondary N) is 1. The number of hydrogen-bond acceptors (Lipinski definition) is 1. The Morgan fingerprint density at radius 3 is 2.36 bits per heavy atom. The van der Waals surface area contributed by atoms with Crippen LogP contribution in [0.1, 0.15) is 16.8 Å². The number of halogens is 3. The lowest BCUT2D eigenvalue weighted by molar-refractivity contribution is -0.137. The Morgan fingerprint density at radius 2 is 1.54 bits per heavy atom. The molecule has 0 saturated carbocycles. The minimum atomic E-state index is -4.37. The van der Waals surface area contributed by atoms with Crippen LogP contribution in [-0.4, -0.2) is 9.97 Å². The van der Waals surface area contributed by atoms with Gasteiger partial charge in [-0.15, -0.1) is 0 Å². The lowest BCUT2D eigenvalue weighted by Crippen LogP contribution is -2.04. The van der Waals surface area contributed by atoms with Crippen LogP contribution in [0.15, 0.2) is 72.9 Å². The minimum Gasteiger partial charge on any atom is -0.364 e. The molecular weight excluding hydrogens is 361 g/mol. The van der Waals surface area contributed by atoms with E-state index in [0.29, 0.717) is 22.8 Å². The first-order chi connectivity index (χ1) is 13.5. The number of aromatic amines is 1. The monoisotopic (exact) mass is 376 g/mol. The Bertz CT molecular complexity index is 1330. The van der Waals surface area contributed by atoms with Crippen LogP contribution in [0.2, 0.25) is 0 Å². The third kappa shape index (κ3) is 2.89. The Balaban J connectivity index is 1.58. The Labute approximate surface area is 158 Å². The van der Waals surface area contributed by atoms with E-state index >= 15 is 0 Å². The van der Waals surface area contributed by atoms with Crippen LogP contribution in [0, 0.1) is 0 Å². The largest absolute Gasteiger partial charge is 0.416 e. The molecule has 0 aliphatic carbocycles. The van der Waals surface area contributed by atoms with Gasteiger partial charge in [0.1, 0.15) is 0 Å². The van der Waals surface area contributed by atoms with Crippen molar-refractivity contribution in [1.29, 1.82) is 0 Å². The number of hydrogen-bond donors (Lipinski definition) is 1. The molecule has 5 aromatic rings. The van der Waals surface area contributed by atoms with E-state index in [9.17, 15) is 13.2 Å². The van der Waals surface area contributed by atoms with E-state index in [1.807, 2.05) is 42.6 Å². The zero-order valence-corrected chi connectivity index (χ0v) is 14.7. The molecule has 1 N–H and O–H groups in total. The van der Waals surface area contributed by atoms with E-state index in [-0.39, 0.29) is 0 Å². The van der Waals surface area contributed by atoms with Crippen LogP contribution >= 0.6 is 0 Å². The van der Waals surface area contributed by atoms with Crippen LogP contribution in [0.5, 0.6) is 0 Å². The quantitative estimate of drug-likeness (QED) is 0.351. The van der Waals surface area contributed by atoms with Crippen molar-refractivity contribution < 1.29 is 13.2 Å². The SMILES string of the molecule is FC(F)(F)c1ccc2cc3ccc(Cc4[nH]cc5ccccc45)cc3nc2c1. The van der Waals surface area contributed by atoms with Gasteiger partial charge in [0.15, 0.2) is 0 Å². The predicted octanol–water partition coefficient (Wildman–Crippen LogP) is 6.48. The molecule has 0 bridgehead atoms. The Hall–Kier alpha value is -3.34. The van der Waals surface area contributed by atoms with Crippen molar-refractivity contribution in [3.8, 4) is 0 Å². The molecule has 2 nitrogen and oxygen atoms in total. The maximum Gasteiger partial charge on any atom is 0.416 e. The summed E-state index contributed by atoms with van der Waals surface area (Å²) in [5.41, 5.74) is 2.53. The molecule has 2 aromatic heterocycles. The van der Waals surface area contributed by atoms with Crippen molar-refractivity contribution in [1.82, 2.24) is 9.97 Å². The Morgan fingerprint density at radius 1 is 0.786 bits per heavy atom. The smallest absolute Gasteiger partial charge is 0.364 e. The predicted molar refractivity (Wildman–Crippen MR) is 105 cm³/mol. The van der Waals surface area contributed by atoms with Gasteiger partial charge in [0, 0.05) is 34.5 Å². The van der Waals surface area contributed by atoms with Gasteiger partial charge in [0.2, 0.25) is 0 Å². The first-order valence-corrected chi connectivity index (χ1v) is 8.93. The van der Waals surface area contributed by atoms with Crippen molar-refractivity contribution in [3.63, 3.8) is 0 Å². The fraction of sp³-hybridized carbons (Fsp3) is 0.0870. The van der Waals surface area contributed by atoms with Gasteiger partial charge in [0.05, 0.1) is 16.6 Å². The third-order valence-electron chi connectivity index (χ3n) is 5.07. The normalized spacial score (nSPS) is 12.2. The number of benzene rings is 3. The Kier molecular flexibility index (Phi) is 3.66. The maximum absolute atomic E-state index is 13.0. The van der Waals surface area contributed by atoms with Gasteiger partial charge in [0.25, 0.3) is 0 Å². The highest BCUT2D eigenvalue weighted by Gasteiger charge is 2.30. The summed E-state index contributed by atoms with van der Waals surface area (Å²) < 4.78 is 39.0. The third-order valence-corrected chi connectivity index (χ3v) is 5.07. The maximum atomic E-state index is 13.0. The molecule has 0 radical (unpaired) electrons. The standard InChI is InChI=1S/C23H15F3N2/c24-23(25,26)18-8-7-16-11-15-6-5-14(9-20(15)28-21(16)12-18)10-22-19-4-2-1-3-17(19)13-27-22/h1-9,11-13,27H,10H2. The second-order valence-corrected chi connectivity index (χ2v) is 6.95. The van der Waals surface area contributed by atoms with Crippen molar-refractivity contribution in [3.05, 3.63) is 89.7 Å². The van der Waals surface area contributed by atoms with Crippen molar-refractivity contribution in [2.75, 3.05) is 0 Å². The fourth-order valence-corrected chi connectivity index (χ4v) is 3.64. The van der Waals surface area contributed by atoms with Gasteiger partial charge in [-0.05, 0) is 35.2 Å². The summed E-state index contributed by atoms with van der Waals surface area (Å²) in [5.74, 6) is 0. The molecule has 0 atom stereocenters. The second kappa shape index (κ2) is 6.09. The molecule has 3 aromatic carbocycles. The molecule has 5 heteroatoms. The summed E-state index contributed by atoms with van der Waals surface area (Å²) in [6.07, 6.45) is -1.69. The van der Waals surface area contributed by atoms with E-state index < -0.39 is 11.7 Å². The van der Waals surface area contributed by atoms with Crippen LogP contribution < -0.4 is 0 Å². The molecule has 138 valence electrons. The highest BCUT2D eigenvalue weighted by molar-refractivity contribution is 5.93. The lowest BCUT2D eigenvalue weighted by atomic mass is 10.0. The van der Waals surface area contributed by atoms with Crippen molar-refractivity contribution in [2.24, 2.45) is 0 Å². The van der Waals surface area contributed by atoms with Crippen molar-refractivity contribution >= 4 is 32.6 Å².